The lowest BCUT2D eigenvalue weighted by Gasteiger charge is -2.20. The van der Waals surface area contributed by atoms with E-state index in [0.717, 1.165) is 38.5 Å². The third-order valence-corrected chi connectivity index (χ3v) is 5.13. The topological polar surface area (TPSA) is 45.7 Å². The predicted molar refractivity (Wildman–Crippen MR) is 116 cm³/mol. The molecule has 0 atom stereocenters. The first-order valence-electron chi connectivity index (χ1n) is 8.40. The van der Waals surface area contributed by atoms with E-state index in [-0.39, 0.29) is 29.4 Å². The van der Waals surface area contributed by atoms with Gasteiger partial charge in [-0.25, -0.2) is 0 Å². The molecule has 0 bridgehead atoms. The van der Waals surface area contributed by atoms with Gasteiger partial charge in [-0.1, -0.05) is 34.1 Å². The van der Waals surface area contributed by atoms with Gasteiger partial charge in [-0.3, -0.25) is 4.99 Å². The summed E-state index contributed by atoms with van der Waals surface area (Å²) in [4.78, 5) is 4.33. The van der Waals surface area contributed by atoms with E-state index in [9.17, 15) is 0 Å². The summed E-state index contributed by atoms with van der Waals surface area (Å²) in [6.07, 6.45) is 5.90. The highest BCUT2D eigenvalue weighted by Gasteiger charge is 2.45. The maximum absolute atomic E-state index is 5.06. The maximum Gasteiger partial charge on any atom is 0.191 e. The van der Waals surface area contributed by atoms with Crippen molar-refractivity contribution in [2.75, 3.05) is 33.9 Å². The molecule has 0 heterocycles. The fourth-order valence-electron chi connectivity index (χ4n) is 2.81. The van der Waals surface area contributed by atoms with Crippen LogP contribution >= 0.6 is 39.9 Å². The van der Waals surface area contributed by atoms with Crippen LogP contribution in [0.4, 0.5) is 0 Å². The fraction of sp³-hybridized carbons (Fsp3) is 0.611. The van der Waals surface area contributed by atoms with Crippen LogP contribution in [0.25, 0.3) is 0 Å². The van der Waals surface area contributed by atoms with Crippen LogP contribution in [-0.2, 0) is 10.2 Å². The number of aliphatic imine (C=N–C) groups is 1. The summed E-state index contributed by atoms with van der Waals surface area (Å²) in [6.45, 7) is 2.73. The van der Waals surface area contributed by atoms with Gasteiger partial charge in [0, 0.05) is 43.7 Å². The van der Waals surface area contributed by atoms with Crippen LogP contribution in [0.5, 0.6) is 0 Å². The van der Waals surface area contributed by atoms with E-state index in [1.165, 1.54) is 29.3 Å². The zero-order valence-corrected chi connectivity index (χ0v) is 18.5. The first-order valence-corrected chi connectivity index (χ1v) is 9.19. The van der Waals surface area contributed by atoms with E-state index >= 15 is 0 Å². The average molecular weight is 510 g/mol. The normalized spacial score (nSPS) is 15.5. The SMILES string of the molecule is CN=C(NCCCCCOC)NCC1(c2ccccc2Br)CC1.I. The maximum atomic E-state index is 5.06. The Labute approximate surface area is 171 Å². The van der Waals surface area contributed by atoms with E-state index in [2.05, 4.69) is 55.8 Å². The number of rotatable bonds is 9. The molecular weight excluding hydrogens is 481 g/mol. The highest BCUT2D eigenvalue weighted by molar-refractivity contribution is 14.0. The van der Waals surface area contributed by atoms with E-state index < -0.39 is 0 Å². The van der Waals surface area contributed by atoms with Crippen molar-refractivity contribution in [3.63, 3.8) is 0 Å². The molecule has 1 fully saturated rings. The zero-order chi connectivity index (χ0) is 16.5. The van der Waals surface area contributed by atoms with Gasteiger partial charge >= 0.3 is 0 Å². The van der Waals surface area contributed by atoms with Gasteiger partial charge in [0.05, 0.1) is 0 Å². The number of benzene rings is 1. The molecule has 0 saturated heterocycles. The molecule has 1 aliphatic rings. The molecule has 1 aromatic rings. The van der Waals surface area contributed by atoms with Crippen molar-refractivity contribution in [3.8, 4) is 0 Å². The number of ether oxygens (including phenoxy) is 1. The smallest absolute Gasteiger partial charge is 0.191 e. The molecule has 0 aromatic heterocycles. The lowest BCUT2D eigenvalue weighted by molar-refractivity contribution is 0.192. The second-order valence-electron chi connectivity index (χ2n) is 6.17. The van der Waals surface area contributed by atoms with Crippen molar-refractivity contribution in [1.29, 1.82) is 0 Å². The molecule has 1 aliphatic carbocycles. The molecule has 136 valence electrons. The molecule has 0 unspecified atom stereocenters. The molecule has 1 aromatic carbocycles. The first-order chi connectivity index (χ1) is 11.2. The third kappa shape index (κ3) is 6.52. The molecular formula is C18H29BrIN3O. The summed E-state index contributed by atoms with van der Waals surface area (Å²) in [5.74, 6) is 0.898. The van der Waals surface area contributed by atoms with Gasteiger partial charge in [-0.05, 0) is 43.7 Å². The van der Waals surface area contributed by atoms with E-state index in [4.69, 9.17) is 4.74 Å². The van der Waals surface area contributed by atoms with Crippen molar-refractivity contribution < 1.29 is 4.74 Å². The van der Waals surface area contributed by atoms with Crippen LogP contribution in [0.2, 0.25) is 0 Å². The average Bonchev–Trinajstić information content (AvgIpc) is 3.35. The Balaban J connectivity index is 0.00000288. The fourth-order valence-corrected chi connectivity index (χ4v) is 3.52. The number of hydrogen-bond acceptors (Lipinski definition) is 2. The van der Waals surface area contributed by atoms with E-state index in [0.29, 0.717) is 0 Å². The highest BCUT2D eigenvalue weighted by Crippen LogP contribution is 2.49. The van der Waals surface area contributed by atoms with Gasteiger partial charge in [-0.15, -0.1) is 24.0 Å². The lowest BCUT2D eigenvalue weighted by atomic mass is 9.96. The molecule has 2 N–H and O–H groups in total. The molecule has 0 aliphatic heterocycles. The minimum Gasteiger partial charge on any atom is -0.385 e. The van der Waals surface area contributed by atoms with Crippen LogP contribution in [-0.4, -0.2) is 39.8 Å². The summed E-state index contributed by atoms with van der Waals surface area (Å²) in [7, 11) is 3.58. The molecule has 24 heavy (non-hydrogen) atoms. The minimum absolute atomic E-state index is 0. The summed E-state index contributed by atoms with van der Waals surface area (Å²) >= 11 is 3.68. The number of halogens is 2. The molecule has 4 nitrogen and oxygen atoms in total. The van der Waals surface area contributed by atoms with Gasteiger partial charge in [-0.2, -0.15) is 0 Å². The third-order valence-electron chi connectivity index (χ3n) is 4.43. The van der Waals surface area contributed by atoms with E-state index in [1.807, 2.05) is 7.05 Å². The summed E-state index contributed by atoms with van der Waals surface area (Å²) in [5.41, 5.74) is 1.67. The largest absolute Gasteiger partial charge is 0.385 e. The standard InChI is InChI=1S/C18H28BrN3O.HI/c1-20-17(21-12-6-3-7-13-23-2)22-14-18(10-11-18)15-8-4-5-9-16(15)19;/h4-5,8-9H,3,6-7,10-14H2,1-2H3,(H2,20,21,22);1H. The second-order valence-corrected chi connectivity index (χ2v) is 7.02. The van der Waals surface area contributed by atoms with Gasteiger partial charge < -0.3 is 15.4 Å². The number of guanidine groups is 1. The monoisotopic (exact) mass is 509 g/mol. The summed E-state index contributed by atoms with van der Waals surface area (Å²) < 4.78 is 6.27. The Morgan fingerprint density at radius 2 is 1.96 bits per heavy atom. The molecule has 2 rings (SSSR count). The van der Waals surface area contributed by atoms with Crippen molar-refractivity contribution in [2.24, 2.45) is 4.99 Å². The Morgan fingerprint density at radius 1 is 1.21 bits per heavy atom. The van der Waals surface area contributed by atoms with Crippen LogP contribution in [0.3, 0.4) is 0 Å². The zero-order valence-electron chi connectivity index (χ0n) is 14.6. The lowest BCUT2D eigenvalue weighted by Crippen LogP contribution is -2.41. The van der Waals surface area contributed by atoms with Crippen molar-refractivity contribution >= 4 is 45.9 Å². The molecule has 1 saturated carbocycles. The van der Waals surface area contributed by atoms with Gasteiger partial charge in [0.25, 0.3) is 0 Å². The van der Waals surface area contributed by atoms with Crippen molar-refractivity contribution in [2.45, 2.75) is 37.5 Å². The number of unbranched alkanes of at least 4 members (excludes halogenated alkanes) is 2. The van der Waals surface area contributed by atoms with Crippen LogP contribution in [0, 0.1) is 0 Å². The number of nitrogens with zero attached hydrogens (tertiary/aromatic N) is 1. The van der Waals surface area contributed by atoms with E-state index in [1.54, 1.807) is 7.11 Å². The number of nitrogens with one attached hydrogen (secondary N) is 2. The molecule has 6 heteroatoms. The molecule has 0 radical (unpaired) electrons. The number of methoxy groups -OCH3 is 1. The Bertz CT molecular complexity index is 521. The first kappa shape index (κ1) is 21.7. The van der Waals surface area contributed by atoms with Crippen LogP contribution in [0.15, 0.2) is 33.7 Å². The Morgan fingerprint density at radius 3 is 2.58 bits per heavy atom. The second kappa shape index (κ2) is 11.3. The minimum atomic E-state index is 0. The Kier molecular flexibility index (Phi) is 10.2. The van der Waals surface area contributed by atoms with Crippen LogP contribution in [0.1, 0.15) is 37.7 Å². The van der Waals surface area contributed by atoms with Crippen LogP contribution < -0.4 is 10.6 Å². The summed E-state index contributed by atoms with van der Waals surface area (Å²) in [5, 5.41) is 6.89. The van der Waals surface area contributed by atoms with Crippen molar-refractivity contribution in [1.82, 2.24) is 10.6 Å². The molecule has 0 amide bonds. The van der Waals surface area contributed by atoms with Gasteiger partial charge in [0.1, 0.15) is 0 Å². The highest BCUT2D eigenvalue weighted by atomic mass is 127. The van der Waals surface area contributed by atoms with Gasteiger partial charge in [0.15, 0.2) is 5.96 Å². The van der Waals surface area contributed by atoms with Gasteiger partial charge in [0.2, 0.25) is 0 Å². The molecule has 0 spiro atoms. The van der Waals surface area contributed by atoms with Crippen molar-refractivity contribution in [3.05, 3.63) is 34.3 Å². The number of hydrogen-bond donors (Lipinski definition) is 2. The predicted octanol–water partition coefficient (Wildman–Crippen LogP) is 4.08. The Hall–Kier alpha value is -0.340. The summed E-state index contributed by atoms with van der Waals surface area (Å²) in [6, 6.07) is 8.54. The quantitative estimate of drug-likeness (QED) is 0.228.